The molecule has 1 aliphatic heterocycles. The number of rotatable bonds is 41. The van der Waals surface area contributed by atoms with Crippen LogP contribution in [0.15, 0.2) is 12.1 Å². The van der Waals surface area contributed by atoms with Gasteiger partial charge in [0.25, 0.3) is 5.91 Å². The number of phosphoric acid groups is 1. The van der Waals surface area contributed by atoms with Crippen LogP contribution < -0.4 is 10.1 Å². The Hall–Kier alpha value is -4.72. The zero-order valence-corrected chi connectivity index (χ0v) is 47.0. The van der Waals surface area contributed by atoms with Gasteiger partial charge in [-0.05, 0) is 31.9 Å². The van der Waals surface area contributed by atoms with E-state index in [1.54, 1.807) is 6.92 Å². The molecule has 22 heteroatoms. The molecule has 0 saturated carbocycles. The summed E-state index contributed by atoms with van der Waals surface area (Å²) in [4.78, 5) is 92.4. The first-order chi connectivity index (χ1) is 36.6. The summed E-state index contributed by atoms with van der Waals surface area (Å²) in [6, 6.07) is 2.01. The first kappa shape index (κ1) is 67.4. The first-order valence-corrected chi connectivity index (χ1v) is 29.9. The number of esters is 2. The number of nitrogens with one attached hydrogen (secondary N) is 1. The highest BCUT2D eigenvalue weighted by Crippen LogP contribution is 2.43. The maximum atomic E-state index is 12.9. The van der Waals surface area contributed by atoms with Gasteiger partial charge < -0.3 is 49.5 Å². The lowest BCUT2D eigenvalue weighted by Gasteiger charge is -2.31. The molecule has 3 unspecified atom stereocenters. The predicted octanol–water partition coefficient (Wildman–Crippen LogP) is 11.6. The fraction of sp³-hybridized carbons (Fsp3) is 0.796. The molecule has 1 aromatic heterocycles. The molecule has 2 heterocycles. The highest BCUT2D eigenvalue weighted by molar-refractivity contribution is 7.47. The van der Waals surface area contributed by atoms with Crippen LogP contribution in [-0.2, 0) is 44.0 Å². The Bertz CT molecular complexity index is 1860. The second-order valence-electron chi connectivity index (χ2n) is 19.8. The Kier molecular flexibility index (Phi) is 36.7. The number of nitrogens with zero attached hydrogens (tertiary/aromatic N) is 4. The number of pyridine rings is 1. The number of unbranched alkanes of at least 4 members (excludes halogenated alkanes) is 24. The summed E-state index contributed by atoms with van der Waals surface area (Å²) in [5.41, 5.74) is 0.271. The Labute approximate surface area is 452 Å². The van der Waals surface area contributed by atoms with Crippen LogP contribution in [0.4, 0.5) is 14.4 Å². The Morgan fingerprint density at radius 1 is 0.632 bits per heavy atom. The number of hydrogen-bond donors (Lipinski definition) is 5. The molecule has 76 heavy (non-hydrogen) atoms. The molecular weight excluding hydrogens is 1010 g/mol. The number of carbonyl (C=O) groups is 6. The zero-order chi connectivity index (χ0) is 55.8. The average molecular weight is 1100 g/mol. The SMILES string of the molecule is CCCCCCCCCCCCCCCC(=O)OCC(COP(=O)(O)OCCNC(=O)COc1ccc2nc1CN(C(=O)O)CCN(C(=O)O)CCN(C(=O)O)C2C)OC(=O)CCCCCCCCCCCCCCC. The minimum Gasteiger partial charge on any atom is -0.482 e. The molecule has 5 N–H and O–H groups in total. The highest BCUT2D eigenvalue weighted by Gasteiger charge is 2.29. The van der Waals surface area contributed by atoms with Gasteiger partial charge in [-0.2, -0.15) is 0 Å². The lowest BCUT2D eigenvalue weighted by molar-refractivity contribution is -0.161. The summed E-state index contributed by atoms with van der Waals surface area (Å²) in [7, 11) is -4.77. The van der Waals surface area contributed by atoms with E-state index in [1.165, 1.54) is 121 Å². The molecule has 4 amide bonds. The van der Waals surface area contributed by atoms with Crippen LogP contribution in [0.2, 0.25) is 0 Å². The number of aromatic nitrogens is 1. The van der Waals surface area contributed by atoms with Gasteiger partial charge in [0.15, 0.2) is 12.7 Å². The molecule has 2 bridgehead atoms. The van der Waals surface area contributed by atoms with Crippen molar-refractivity contribution in [2.45, 2.75) is 219 Å². The topological polar surface area (TPSA) is 281 Å². The monoisotopic (exact) mass is 1100 g/mol. The number of amides is 4. The van der Waals surface area contributed by atoms with Crippen LogP contribution >= 0.6 is 7.82 Å². The van der Waals surface area contributed by atoms with Crippen molar-refractivity contribution in [2.24, 2.45) is 0 Å². The van der Waals surface area contributed by atoms with Gasteiger partial charge in [-0.1, -0.05) is 168 Å². The average Bonchev–Trinajstić information content (AvgIpc) is 3.38. The van der Waals surface area contributed by atoms with Crippen LogP contribution in [0.25, 0.3) is 0 Å². The third kappa shape index (κ3) is 32.1. The number of carboxylic acid groups (broad SMARTS) is 3. The molecule has 1 aromatic rings. The van der Waals surface area contributed by atoms with Crippen LogP contribution in [0.3, 0.4) is 0 Å². The van der Waals surface area contributed by atoms with E-state index >= 15 is 0 Å². The second kappa shape index (κ2) is 41.4. The van der Waals surface area contributed by atoms with Crippen LogP contribution in [-0.4, -0.2) is 141 Å². The normalized spacial score (nSPS) is 15.2. The summed E-state index contributed by atoms with van der Waals surface area (Å²) in [6.45, 7) is 2.32. The number of hydrogen-bond acceptors (Lipinski definition) is 13. The maximum Gasteiger partial charge on any atom is 0.472 e. The fourth-order valence-corrected chi connectivity index (χ4v) is 9.50. The van der Waals surface area contributed by atoms with E-state index in [-0.39, 0.29) is 75.9 Å². The number of fused-ring (bicyclic) bond motifs is 2. The lowest BCUT2D eigenvalue weighted by Crippen LogP contribution is -2.45. The molecule has 0 saturated heterocycles. The maximum absolute atomic E-state index is 12.9. The van der Waals surface area contributed by atoms with Gasteiger partial charge >= 0.3 is 38.0 Å². The van der Waals surface area contributed by atoms with Crippen molar-refractivity contribution >= 4 is 43.9 Å². The third-order valence-electron chi connectivity index (χ3n) is 13.4. The summed E-state index contributed by atoms with van der Waals surface area (Å²) in [6.07, 6.45) is 25.2. The smallest absolute Gasteiger partial charge is 0.472 e. The van der Waals surface area contributed by atoms with E-state index in [4.69, 9.17) is 23.3 Å². The molecule has 3 atom stereocenters. The minimum atomic E-state index is -4.77. The number of carbonyl (C=O) groups excluding carboxylic acids is 3. The van der Waals surface area contributed by atoms with Crippen LogP contribution in [0.5, 0.6) is 5.75 Å². The number of phosphoric ester groups is 1. The molecule has 1 aliphatic rings. The van der Waals surface area contributed by atoms with Crippen molar-refractivity contribution in [1.29, 1.82) is 0 Å². The molecule has 436 valence electrons. The van der Waals surface area contributed by atoms with Crippen molar-refractivity contribution < 1.29 is 76.8 Å². The van der Waals surface area contributed by atoms with Gasteiger partial charge in [-0.15, -0.1) is 0 Å². The minimum absolute atomic E-state index is 0.000695. The van der Waals surface area contributed by atoms with Crippen LogP contribution in [0.1, 0.15) is 218 Å². The molecule has 2 rings (SSSR count). The van der Waals surface area contributed by atoms with E-state index < -0.39 is 75.9 Å². The molecule has 21 nitrogen and oxygen atoms in total. The standard InChI is InChI=1S/C54H94N5O16P/c1-4-6-8-10-12-14-16-18-20-22-24-26-28-30-50(61)72-41-45(75-51(62)31-29-27-25-23-21-19-17-15-13-11-9-7-5-2)42-74-76(69,70)73-39-34-55-49(60)43-71-48-33-32-46-44(3)59(54(67)68)38-37-57(52(63)64)35-36-58(53(65)66)40-47(48)56-46/h32-33,44-45H,4-31,34-43H2,1-3H3,(H,55,60)(H,63,64)(H,65,66)(H,67,68)(H,69,70). The predicted molar refractivity (Wildman–Crippen MR) is 287 cm³/mol. The van der Waals surface area contributed by atoms with Gasteiger partial charge in [0.1, 0.15) is 18.1 Å². The first-order valence-electron chi connectivity index (χ1n) is 28.4. The van der Waals surface area contributed by atoms with Crippen molar-refractivity contribution in [3.8, 4) is 5.75 Å². The highest BCUT2D eigenvalue weighted by atomic mass is 31.2. The third-order valence-corrected chi connectivity index (χ3v) is 14.4. The van der Waals surface area contributed by atoms with Gasteiger partial charge in [-0.3, -0.25) is 28.3 Å². The van der Waals surface area contributed by atoms with E-state index in [0.717, 1.165) is 59.6 Å². The molecule has 0 spiro atoms. The largest absolute Gasteiger partial charge is 0.482 e. The van der Waals surface area contributed by atoms with Crippen molar-refractivity contribution in [3.05, 3.63) is 23.5 Å². The van der Waals surface area contributed by atoms with Crippen molar-refractivity contribution in [2.75, 3.05) is 59.2 Å². The van der Waals surface area contributed by atoms with E-state index in [1.807, 2.05) is 0 Å². The molecule has 0 aliphatic carbocycles. The molecule has 0 radical (unpaired) electrons. The van der Waals surface area contributed by atoms with Gasteiger partial charge in [0, 0.05) is 45.6 Å². The molecule has 0 fully saturated rings. The summed E-state index contributed by atoms with van der Waals surface area (Å²) in [5, 5.41) is 31.9. The van der Waals surface area contributed by atoms with Gasteiger partial charge in [0.2, 0.25) is 0 Å². The van der Waals surface area contributed by atoms with Gasteiger partial charge in [0.05, 0.1) is 31.5 Å². The second-order valence-corrected chi connectivity index (χ2v) is 21.3. The summed E-state index contributed by atoms with van der Waals surface area (Å²) in [5.74, 6) is -1.72. The van der Waals surface area contributed by atoms with E-state index in [9.17, 15) is 53.5 Å². The number of ether oxygens (including phenoxy) is 3. The van der Waals surface area contributed by atoms with E-state index in [2.05, 4.69) is 24.1 Å². The molecular formula is C54H94N5O16P. The Morgan fingerprint density at radius 2 is 1.11 bits per heavy atom. The Balaban J connectivity index is 1.89. The lowest BCUT2D eigenvalue weighted by atomic mass is 10.0. The van der Waals surface area contributed by atoms with E-state index in [0.29, 0.717) is 12.8 Å². The summed E-state index contributed by atoms with van der Waals surface area (Å²) < 4.78 is 39.8. The molecule has 0 aromatic carbocycles. The van der Waals surface area contributed by atoms with Crippen molar-refractivity contribution in [1.82, 2.24) is 25.0 Å². The quantitative estimate of drug-likeness (QED) is 0.0231. The zero-order valence-electron chi connectivity index (χ0n) is 46.1. The van der Waals surface area contributed by atoms with Gasteiger partial charge in [-0.25, -0.2) is 23.9 Å². The van der Waals surface area contributed by atoms with Crippen molar-refractivity contribution in [3.63, 3.8) is 0 Å². The summed E-state index contributed by atoms with van der Waals surface area (Å²) >= 11 is 0. The Morgan fingerprint density at radius 3 is 1.61 bits per heavy atom. The fourth-order valence-electron chi connectivity index (χ4n) is 8.75. The van der Waals surface area contributed by atoms with Crippen LogP contribution in [0, 0.1) is 0 Å².